The predicted molar refractivity (Wildman–Crippen MR) is 128 cm³/mol. The van der Waals surface area contributed by atoms with E-state index in [2.05, 4.69) is 49.1 Å². The quantitative estimate of drug-likeness (QED) is 0.456. The van der Waals surface area contributed by atoms with Gasteiger partial charge in [0.25, 0.3) is 5.91 Å². The monoisotopic (exact) mass is 458 g/mol. The molecule has 4 heterocycles. The summed E-state index contributed by atoms with van der Waals surface area (Å²) in [5, 5.41) is 11.9. The Morgan fingerprint density at radius 2 is 2.06 bits per heavy atom. The van der Waals surface area contributed by atoms with Crippen LogP contribution < -0.4 is 5.32 Å². The number of hydrogen-bond donors (Lipinski definition) is 1. The molecule has 1 aromatic carbocycles. The van der Waals surface area contributed by atoms with Crippen molar-refractivity contribution in [2.75, 3.05) is 6.54 Å². The smallest absolute Gasteiger partial charge is 0.272 e. The van der Waals surface area contributed by atoms with Crippen LogP contribution in [0, 0.1) is 5.92 Å². The lowest BCUT2D eigenvalue weighted by atomic mass is 10.0. The van der Waals surface area contributed by atoms with Crippen LogP contribution in [0.2, 0.25) is 0 Å². The molecule has 7 nitrogen and oxygen atoms in total. The fourth-order valence-corrected chi connectivity index (χ4v) is 5.23. The van der Waals surface area contributed by atoms with Gasteiger partial charge in [-0.05, 0) is 36.5 Å². The fourth-order valence-electron chi connectivity index (χ4n) is 4.67. The summed E-state index contributed by atoms with van der Waals surface area (Å²) >= 11 is 1.55. The normalized spacial score (nSPS) is 16.1. The molecule has 33 heavy (non-hydrogen) atoms. The Kier molecular flexibility index (Phi) is 5.39. The molecule has 0 spiro atoms. The van der Waals surface area contributed by atoms with E-state index in [1.165, 1.54) is 29.5 Å². The second-order valence-electron chi connectivity index (χ2n) is 8.96. The van der Waals surface area contributed by atoms with Gasteiger partial charge in [0, 0.05) is 67.0 Å². The summed E-state index contributed by atoms with van der Waals surface area (Å²) in [5.41, 5.74) is 5.18. The SMILES string of the molecule is O=C(NCc1nccs1)c1nn(CC2CC2)c2c1CN(Cc1ccnc3ccccc13)CC2. The zero-order chi connectivity index (χ0) is 22.2. The third-order valence-electron chi connectivity index (χ3n) is 6.57. The van der Waals surface area contributed by atoms with Crippen LogP contribution in [0.4, 0.5) is 0 Å². The lowest BCUT2D eigenvalue weighted by Crippen LogP contribution is -2.32. The van der Waals surface area contributed by atoms with E-state index in [9.17, 15) is 4.79 Å². The molecular formula is C25H26N6OS. The van der Waals surface area contributed by atoms with Gasteiger partial charge in [-0.15, -0.1) is 11.3 Å². The van der Waals surface area contributed by atoms with Crippen molar-refractivity contribution in [2.45, 2.75) is 45.4 Å². The third-order valence-corrected chi connectivity index (χ3v) is 7.35. The van der Waals surface area contributed by atoms with E-state index in [4.69, 9.17) is 5.10 Å². The highest BCUT2D eigenvalue weighted by Gasteiger charge is 2.31. The molecule has 8 heteroatoms. The number of amides is 1. The molecule has 4 aromatic rings. The highest BCUT2D eigenvalue weighted by atomic mass is 32.1. The van der Waals surface area contributed by atoms with Gasteiger partial charge in [-0.25, -0.2) is 4.98 Å². The number of aromatic nitrogens is 4. The van der Waals surface area contributed by atoms with Crippen LogP contribution in [0.15, 0.2) is 48.1 Å². The molecule has 0 unspecified atom stereocenters. The van der Waals surface area contributed by atoms with Gasteiger partial charge in [0.15, 0.2) is 5.69 Å². The summed E-state index contributed by atoms with van der Waals surface area (Å²) in [6, 6.07) is 10.4. The number of nitrogens with one attached hydrogen (secondary N) is 1. The summed E-state index contributed by atoms with van der Waals surface area (Å²) in [4.78, 5) is 24.3. The molecule has 1 fully saturated rings. The van der Waals surface area contributed by atoms with Gasteiger partial charge in [0.2, 0.25) is 0 Å². The number of carbonyl (C=O) groups is 1. The number of nitrogens with zero attached hydrogens (tertiary/aromatic N) is 5. The van der Waals surface area contributed by atoms with E-state index in [1.807, 2.05) is 17.6 Å². The average Bonchev–Trinajstić information content (AvgIpc) is 3.36. The van der Waals surface area contributed by atoms with Crippen molar-refractivity contribution in [3.05, 3.63) is 75.6 Å². The van der Waals surface area contributed by atoms with E-state index in [0.717, 1.165) is 48.7 Å². The molecule has 1 aliphatic heterocycles. The molecule has 1 aliphatic carbocycles. The van der Waals surface area contributed by atoms with Gasteiger partial charge in [-0.1, -0.05) is 18.2 Å². The first-order valence-corrected chi connectivity index (χ1v) is 12.4. The number of pyridine rings is 1. The first-order chi connectivity index (χ1) is 16.2. The largest absolute Gasteiger partial charge is 0.344 e. The van der Waals surface area contributed by atoms with Crippen molar-refractivity contribution in [2.24, 2.45) is 5.92 Å². The number of thiazole rings is 1. The Labute approximate surface area is 196 Å². The van der Waals surface area contributed by atoms with Crippen molar-refractivity contribution in [3.63, 3.8) is 0 Å². The van der Waals surface area contributed by atoms with Crippen LogP contribution in [-0.2, 0) is 32.6 Å². The van der Waals surface area contributed by atoms with E-state index in [0.29, 0.717) is 18.2 Å². The highest BCUT2D eigenvalue weighted by Crippen LogP contribution is 2.33. The standard InChI is InChI=1S/C25H26N6OS/c32-25(28-13-23-27-10-12-33-23)24-20-16-30(11-8-22(20)31(29-24)14-17-5-6-17)15-18-7-9-26-21-4-2-1-3-19(18)21/h1-4,7,9-10,12,17H,5-6,8,11,13-16H2,(H,28,32). The summed E-state index contributed by atoms with van der Waals surface area (Å²) in [5.74, 6) is 0.605. The minimum absolute atomic E-state index is 0.104. The van der Waals surface area contributed by atoms with Gasteiger partial charge >= 0.3 is 0 Å². The van der Waals surface area contributed by atoms with E-state index < -0.39 is 0 Å². The van der Waals surface area contributed by atoms with Crippen LogP contribution in [0.5, 0.6) is 0 Å². The molecule has 168 valence electrons. The summed E-state index contributed by atoms with van der Waals surface area (Å²) in [6.45, 7) is 3.89. The van der Waals surface area contributed by atoms with Crippen molar-refractivity contribution in [3.8, 4) is 0 Å². The molecule has 1 saturated carbocycles. The number of carbonyl (C=O) groups excluding carboxylic acids is 1. The predicted octanol–water partition coefficient (Wildman–Crippen LogP) is 3.79. The molecule has 6 rings (SSSR count). The zero-order valence-corrected chi connectivity index (χ0v) is 19.2. The van der Waals surface area contributed by atoms with Gasteiger partial charge in [-0.2, -0.15) is 5.10 Å². The van der Waals surface area contributed by atoms with Crippen LogP contribution in [0.25, 0.3) is 10.9 Å². The Morgan fingerprint density at radius 1 is 1.15 bits per heavy atom. The molecule has 1 amide bonds. The Balaban J connectivity index is 1.25. The number of benzene rings is 1. The summed E-state index contributed by atoms with van der Waals surface area (Å²) < 4.78 is 2.12. The minimum Gasteiger partial charge on any atom is -0.344 e. The molecule has 0 radical (unpaired) electrons. The number of rotatable bonds is 7. The van der Waals surface area contributed by atoms with E-state index >= 15 is 0 Å². The van der Waals surface area contributed by atoms with Crippen molar-refractivity contribution in [1.82, 2.24) is 30.0 Å². The van der Waals surface area contributed by atoms with Crippen LogP contribution in [-0.4, -0.2) is 37.1 Å². The Morgan fingerprint density at radius 3 is 2.91 bits per heavy atom. The summed E-state index contributed by atoms with van der Waals surface area (Å²) in [6.07, 6.45) is 7.10. The molecule has 3 aromatic heterocycles. The topological polar surface area (TPSA) is 75.9 Å². The van der Waals surface area contributed by atoms with Crippen molar-refractivity contribution >= 4 is 28.1 Å². The van der Waals surface area contributed by atoms with Gasteiger partial charge in [-0.3, -0.25) is 19.4 Å². The maximum Gasteiger partial charge on any atom is 0.272 e. The maximum atomic E-state index is 13.1. The van der Waals surface area contributed by atoms with Gasteiger partial charge < -0.3 is 5.32 Å². The summed E-state index contributed by atoms with van der Waals surface area (Å²) in [7, 11) is 0. The van der Waals surface area contributed by atoms with Gasteiger partial charge in [0.05, 0.1) is 12.1 Å². The number of hydrogen-bond acceptors (Lipinski definition) is 6. The number of para-hydroxylation sites is 1. The molecule has 0 atom stereocenters. The fraction of sp³-hybridized carbons (Fsp3) is 0.360. The minimum atomic E-state index is -0.104. The highest BCUT2D eigenvalue weighted by molar-refractivity contribution is 7.09. The van der Waals surface area contributed by atoms with E-state index in [1.54, 1.807) is 17.5 Å². The Hall–Kier alpha value is -3.10. The second kappa shape index (κ2) is 8.68. The van der Waals surface area contributed by atoms with Crippen LogP contribution in [0.3, 0.4) is 0 Å². The molecular weight excluding hydrogens is 432 g/mol. The zero-order valence-electron chi connectivity index (χ0n) is 18.4. The second-order valence-corrected chi connectivity index (χ2v) is 9.93. The molecule has 1 N–H and O–H groups in total. The maximum absolute atomic E-state index is 13.1. The van der Waals surface area contributed by atoms with Crippen LogP contribution >= 0.6 is 11.3 Å². The van der Waals surface area contributed by atoms with Crippen molar-refractivity contribution in [1.29, 1.82) is 0 Å². The average molecular weight is 459 g/mol. The van der Waals surface area contributed by atoms with Gasteiger partial charge in [0.1, 0.15) is 5.01 Å². The number of fused-ring (bicyclic) bond motifs is 2. The first-order valence-electron chi connectivity index (χ1n) is 11.5. The van der Waals surface area contributed by atoms with E-state index in [-0.39, 0.29) is 5.91 Å². The molecule has 2 aliphatic rings. The third kappa shape index (κ3) is 4.28. The van der Waals surface area contributed by atoms with Crippen molar-refractivity contribution < 1.29 is 4.79 Å². The van der Waals surface area contributed by atoms with Crippen LogP contribution in [0.1, 0.15) is 45.2 Å². The Bertz CT molecular complexity index is 1290. The lowest BCUT2D eigenvalue weighted by molar-refractivity contribution is 0.0942. The first kappa shape index (κ1) is 20.5. The lowest BCUT2D eigenvalue weighted by Gasteiger charge is -2.28. The molecule has 0 bridgehead atoms. The molecule has 0 saturated heterocycles.